The van der Waals surface area contributed by atoms with Crippen molar-refractivity contribution in [1.82, 2.24) is 5.32 Å². The maximum Gasteiger partial charge on any atom is 0.151 e. The number of hydrogen-bond donors (Lipinski definition) is 1. The van der Waals surface area contributed by atoms with Crippen LogP contribution in [-0.2, 0) is 14.6 Å². The zero-order valence-electron chi connectivity index (χ0n) is 7.25. The third-order valence-corrected chi connectivity index (χ3v) is 3.68. The van der Waals surface area contributed by atoms with Gasteiger partial charge in [0.15, 0.2) is 9.84 Å². The number of sulfone groups is 1. The highest BCUT2D eigenvalue weighted by Crippen LogP contribution is 1.98. The summed E-state index contributed by atoms with van der Waals surface area (Å²) in [5.41, 5.74) is 0. The Hall–Kier alpha value is -0.130. The van der Waals surface area contributed by atoms with Crippen molar-refractivity contribution in [2.75, 3.05) is 31.3 Å². The van der Waals surface area contributed by atoms with Gasteiger partial charge in [-0.3, -0.25) is 0 Å². The van der Waals surface area contributed by atoms with Crippen LogP contribution in [-0.4, -0.2) is 45.7 Å². The summed E-state index contributed by atoms with van der Waals surface area (Å²) in [6.07, 6.45) is 0. The minimum atomic E-state index is -2.86. The maximum atomic E-state index is 11.2. The second-order valence-corrected chi connectivity index (χ2v) is 5.32. The average molecular weight is 193 g/mol. The van der Waals surface area contributed by atoms with E-state index in [2.05, 4.69) is 5.32 Å². The zero-order chi connectivity index (χ0) is 9.03. The van der Waals surface area contributed by atoms with E-state index >= 15 is 0 Å². The molecule has 1 fully saturated rings. The van der Waals surface area contributed by atoms with E-state index in [4.69, 9.17) is 4.74 Å². The van der Waals surface area contributed by atoms with Gasteiger partial charge in [0.2, 0.25) is 0 Å². The number of hydrogen-bond acceptors (Lipinski definition) is 4. The van der Waals surface area contributed by atoms with Crippen molar-refractivity contribution in [2.45, 2.75) is 13.0 Å². The maximum absolute atomic E-state index is 11.2. The van der Waals surface area contributed by atoms with Crippen LogP contribution < -0.4 is 5.32 Å². The first-order valence-corrected chi connectivity index (χ1v) is 5.98. The molecule has 0 spiro atoms. The minimum Gasteiger partial charge on any atom is -0.378 e. The molecular weight excluding hydrogens is 178 g/mol. The van der Waals surface area contributed by atoms with Crippen molar-refractivity contribution >= 4 is 9.84 Å². The summed E-state index contributed by atoms with van der Waals surface area (Å²) in [7, 11) is -2.86. The fourth-order valence-electron chi connectivity index (χ4n) is 1.15. The highest BCUT2D eigenvalue weighted by Gasteiger charge is 2.19. The highest BCUT2D eigenvalue weighted by molar-refractivity contribution is 7.91. The average Bonchev–Trinajstić information content (AvgIpc) is 2.06. The Morgan fingerprint density at radius 2 is 2.33 bits per heavy atom. The molecule has 1 atom stereocenters. The molecule has 5 heteroatoms. The molecule has 72 valence electrons. The van der Waals surface area contributed by atoms with E-state index in [1.54, 1.807) is 6.92 Å². The van der Waals surface area contributed by atoms with E-state index in [-0.39, 0.29) is 17.5 Å². The summed E-state index contributed by atoms with van der Waals surface area (Å²) in [4.78, 5) is 0. The van der Waals surface area contributed by atoms with Crippen LogP contribution in [0.4, 0.5) is 0 Å². The highest BCUT2D eigenvalue weighted by atomic mass is 32.2. The lowest BCUT2D eigenvalue weighted by Gasteiger charge is -2.23. The molecule has 1 saturated heterocycles. The Balaban J connectivity index is 2.39. The topological polar surface area (TPSA) is 55.4 Å². The van der Waals surface area contributed by atoms with Gasteiger partial charge < -0.3 is 10.1 Å². The lowest BCUT2D eigenvalue weighted by Crippen LogP contribution is -2.45. The number of rotatable bonds is 3. The Bertz CT molecular complexity index is 219. The van der Waals surface area contributed by atoms with Crippen molar-refractivity contribution in [1.29, 1.82) is 0 Å². The molecule has 1 aliphatic heterocycles. The minimum absolute atomic E-state index is 0.0105. The molecule has 0 aliphatic carbocycles. The van der Waals surface area contributed by atoms with Gasteiger partial charge in [0.25, 0.3) is 0 Å². The number of nitrogens with one attached hydrogen (secondary N) is 1. The first-order valence-electron chi connectivity index (χ1n) is 4.15. The fourth-order valence-corrected chi connectivity index (χ4v) is 2.21. The monoisotopic (exact) mass is 193 g/mol. The van der Waals surface area contributed by atoms with E-state index < -0.39 is 9.84 Å². The van der Waals surface area contributed by atoms with Crippen LogP contribution in [0.2, 0.25) is 0 Å². The Labute approximate surface area is 73.2 Å². The first kappa shape index (κ1) is 9.95. The van der Waals surface area contributed by atoms with Gasteiger partial charge in [-0.15, -0.1) is 0 Å². The second kappa shape index (κ2) is 4.20. The van der Waals surface area contributed by atoms with Crippen LogP contribution in [0.3, 0.4) is 0 Å². The van der Waals surface area contributed by atoms with Gasteiger partial charge in [-0.05, 0) is 0 Å². The van der Waals surface area contributed by atoms with Crippen LogP contribution >= 0.6 is 0 Å². The van der Waals surface area contributed by atoms with Crippen molar-refractivity contribution in [3.8, 4) is 0 Å². The molecule has 4 nitrogen and oxygen atoms in total. The normalized spacial score (nSPS) is 25.6. The standard InChI is InChI=1S/C7H15NO3S/c1-2-12(9,10)6-7-5-11-4-3-8-7/h7-8H,2-6H2,1H3. The summed E-state index contributed by atoms with van der Waals surface area (Å²) in [6.45, 7) is 3.62. The summed E-state index contributed by atoms with van der Waals surface area (Å²) >= 11 is 0. The van der Waals surface area contributed by atoms with Gasteiger partial charge in [-0.2, -0.15) is 0 Å². The Morgan fingerprint density at radius 3 is 2.83 bits per heavy atom. The van der Waals surface area contributed by atoms with Crippen LogP contribution in [0, 0.1) is 0 Å². The lowest BCUT2D eigenvalue weighted by molar-refractivity contribution is 0.0832. The van der Waals surface area contributed by atoms with Crippen molar-refractivity contribution in [3.63, 3.8) is 0 Å². The molecule has 1 rings (SSSR count). The van der Waals surface area contributed by atoms with Gasteiger partial charge in [0, 0.05) is 18.3 Å². The van der Waals surface area contributed by atoms with Gasteiger partial charge in [0.05, 0.1) is 19.0 Å². The fraction of sp³-hybridized carbons (Fsp3) is 1.00. The van der Waals surface area contributed by atoms with Crippen LogP contribution in [0.5, 0.6) is 0 Å². The van der Waals surface area contributed by atoms with Crippen molar-refractivity contribution < 1.29 is 13.2 Å². The van der Waals surface area contributed by atoms with Gasteiger partial charge in [-0.1, -0.05) is 6.92 Å². The number of ether oxygens (including phenoxy) is 1. The van der Waals surface area contributed by atoms with Gasteiger partial charge in [-0.25, -0.2) is 8.42 Å². The van der Waals surface area contributed by atoms with Crippen molar-refractivity contribution in [3.05, 3.63) is 0 Å². The SMILES string of the molecule is CCS(=O)(=O)CC1COCCN1. The molecule has 0 bridgehead atoms. The quantitative estimate of drug-likeness (QED) is 0.651. The van der Waals surface area contributed by atoms with E-state index in [1.165, 1.54) is 0 Å². The Kier molecular flexibility index (Phi) is 3.49. The van der Waals surface area contributed by atoms with E-state index in [0.717, 1.165) is 6.54 Å². The molecule has 0 saturated carbocycles. The third kappa shape index (κ3) is 3.08. The number of morpholine rings is 1. The molecule has 1 unspecified atom stereocenters. The predicted molar refractivity (Wildman–Crippen MR) is 46.9 cm³/mol. The molecule has 1 N–H and O–H groups in total. The molecular formula is C7H15NO3S. The summed E-state index contributed by atoms with van der Waals surface area (Å²) in [5, 5.41) is 3.11. The van der Waals surface area contributed by atoms with Crippen LogP contribution in [0.1, 0.15) is 6.92 Å². The van der Waals surface area contributed by atoms with E-state index in [1.807, 2.05) is 0 Å². The molecule has 0 aromatic rings. The molecule has 1 aliphatic rings. The van der Waals surface area contributed by atoms with E-state index in [9.17, 15) is 8.42 Å². The lowest BCUT2D eigenvalue weighted by atomic mass is 10.3. The van der Waals surface area contributed by atoms with Crippen molar-refractivity contribution in [2.24, 2.45) is 0 Å². The smallest absolute Gasteiger partial charge is 0.151 e. The summed E-state index contributed by atoms with van der Waals surface area (Å²) in [6, 6.07) is -0.0105. The van der Waals surface area contributed by atoms with Crippen LogP contribution in [0.15, 0.2) is 0 Å². The predicted octanol–water partition coefficient (Wildman–Crippen LogP) is -0.590. The molecule has 0 radical (unpaired) electrons. The van der Waals surface area contributed by atoms with Gasteiger partial charge in [0.1, 0.15) is 0 Å². The molecule has 0 aromatic heterocycles. The Morgan fingerprint density at radius 1 is 1.58 bits per heavy atom. The summed E-state index contributed by atoms with van der Waals surface area (Å²) in [5.74, 6) is 0.411. The van der Waals surface area contributed by atoms with Gasteiger partial charge >= 0.3 is 0 Å². The molecule has 0 amide bonds. The van der Waals surface area contributed by atoms with Crippen LogP contribution in [0.25, 0.3) is 0 Å². The first-order chi connectivity index (χ1) is 5.64. The zero-order valence-corrected chi connectivity index (χ0v) is 8.06. The van der Waals surface area contributed by atoms with E-state index in [0.29, 0.717) is 13.2 Å². The largest absolute Gasteiger partial charge is 0.378 e. The molecule has 12 heavy (non-hydrogen) atoms. The summed E-state index contributed by atoms with van der Waals surface area (Å²) < 4.78 is 27.5. The second-order valence-electron chi connectivity index (χ2n) is 2.92. The third-order valence-electron chi connectivity index (χ3n) is 1.89. The molecule has 1 heterocycles. The molecule has 0 aromatic carbocycles.